The van der Waals surface area contributed by atoms with Crippen molar-refractivity contribution in [3.63, 3.8) is 0 Å². The summed E-state index contributed by atoms with van der Waals surface area (Å²) in [5.74, 6) is -0.164. The lowest BCUT2D eigenvalue weighted by atomic mass is 10.0. The van der Waals surface area contributed by atoms with Crippen LogP contribution in [-0.4, -0.2) is 16.7 Å². The van der Waals surface area contributed by atoms with Gasteiger partial charge in [-0.2, -0.15) is 0 Å². The monoisotopic (exact) mass is 470 g/mol. The fraction of sp³-hybridized carbons (Fsp3) is 0.160. The van der Waals surface area contributed by atoms with Gasteiger partial charge < -0.3 is 14.0 Å². The minimum atomic E-state index is -0.389. The van der Waals surface area contributed by atoms with Gasteiger partial charge in [0, 0.05) is 28.0 Å². The summed E-state index contributed by atoms with van der Waals surface area (Å²) in [6.45, 7) is 0.945. The van der Waals surface area contributed by atoms with Gasteiger partial charge in [0.25, 0.3) is 0 Å². The first-order valence-electron chi connectivity index (χ1n) is 9.98. The van der Waals surface area contributed by atoms with E-state index in [1.54, 1.807) is 30.7 Å². The quantitative estimate of drug-likeness (QED) is 0.279. The third-order valence-corrected chi connectivity index (χ3v) is 5.70. The van der Waals surface area contributed by atoms with Crippen LogP contribution in [0.25, 0.3) is 11.1 Å². The Labute approximate surface area is 196 Å². The van der Waals surface area contributed by atoms with Gasteiger partial charge in [0.05, 0.1) is 26.6 Å². The second-order valence-electron chi connectivity index (χ2n) is 7.27. The summed E-state index contributed by atoms with van der Waals surface area (Å²) in [7, 11) is 1.45. The zero-order chi connectivity index (χ0) is 22.5. The molecule has 0 bridgehead atoms. The minimum absolute atomic E-state index is 0.226. The van der Waals surface area contributed by atoms with Crippen molar-refractivity contribution < 1.29 is 13.9 Å². The molecule has 0 radical (unpaired) electrons. The van der Waals surface area contributed by atoms with E-state index in [-0.39, 0.29) is 17.7 Å². The number of hydrogen-bond donors (Lipinski definition) is 0. The van der Waals surface area contributed by atoms with Crippen LogP contribution in [0.2, 0.25) is 10.0 Å². The Bertz CT molecular complexity index is 1180. The van der Waals surface area contributed by atoms with Crippen LogP contribution < -0.4 is 4.74 Å². The molecule has 32 heavy (non-hydrogen) atoms. The van der Waals surface area contributed by atoms with Gasteiger partial charge >= 0.3 is 0 Å². The van der Waals surface area contributed by atoms with Crippen molar-refractivity contribution in [2.45, 2.75) is 19.3 Å². The molecule has 3 aromatic carbocycles. The molecule has 0 aliphatic heterocycles. The molecule has 4 aromatic rings. The van der Waals surface area contributed by atoms with Crippen molar-refractivity contribution in [2.24, 2.45) is 0 Å². The number of aromatic nitrogens is 2. The maximum absolute atomic E-state index is 14.0. The zero-order valence-electron chi connectivity index (χ0n) is 17.3. The highest BCUT2D eigenvalue weighted by Gasteiger charge is 2.17. The molecule has 1 aromatic heterocycles. The molecule has 0 fully saturated rings. The predicted molar refractivity (Wildman–Crippen MR) is 125 cm³/mol. The van der Waals surface area contributed by atoms with Crippen LogP contribution in [0.5, 0.6) is 5.75 Å². The van der Waals surface area contributed by atoms with Crippen LogP contribution in [0, 0.1) is 5.82 Å². The lowest BCUT2D eigenvalue weighted by molar-refractivity contribution is 0.0280. The molecule has 164 valence electrons. The summed E-state index contributed by atoms with van der Waals surface area (Å²) in [6.07, 6.45) is 5.05. The molecule has 0 saturated heterocycles. The molecule has 0 spiro atoms. The van der Waals surface area contributed by atoms with Crippen molar-refractivity contribution in [3.05, 3.63) is 106 Å². The average Bonchev–Trinajstić information content (AvgIpc) is 3.30. The number of halogens is 3. The molecule has 0 saturated carbocycles. The zero-order valence-corrected chi connectivity index (χ0v) is 18.9. The lowest BCUT2D eigenvalue weighted by Crippen LogP contribution is -2.12. The molecule has 7 heteroatoms. The molecule has 0 aliphatic rings. The number of nitrogens with zero attached hydrogens (tertiary/aromatic N) is 2. The number of rotatable bonds is 8. The van der Waals surface area contributed by atoms with Crippen molar-refractivity contribution in [1.29, 1.82) is 0 Å². The summed E-state index contributed by atoms with van der Waals surface area (Å²) in [6, 6.07) is 18.1. The third-order valence-electron chi connectivity index (χ3n) is 5.14. The highest BCUT2D eigenvalue weighted by atomic mass is 35.5. The van der Waals surface area contributed by atoms with Gasteiger partial charge in [0.15, 0.2) is 11.6 Å². The summed E-state index contributed by atoms with van der Waals surface area (Å²) in [5.41, 5.74) is 3.53. The third kappa shape index (κ3) is 5.30. The summed E-state index contributed by atoms with van der Waals surface area (Å²) in [4.78, 5) is 4.10. The maximum atomic E-state index is 14.0. The first-order chi connectivity index (χ1) is 15.5. The Kier molecular flexibility index (Phi) is 7.10. The number of benzene rings is 3. The van der Waals surface area contributed by atoms with E-state index in [9.17, 15) is 4.39 Å². The van der Waals surface area contributed by atoms with E-state index in [1.807, 2.05) is 47.2 Å². The molecule has 0 amide bonds. The van der Waals surface area contributed by atoms with E-state index in [0.717, 1.165) is 22.3 Å². The topological polar surface area (TPSA) is 36.3 Å². The molecule has 0 N–H and O–H groups in total. The maximum Gasteiger partial charge on any atom is 0.165 e. The van der Waals surface area contributed by atoms with E-state index >= 15 is 0 Å². The molecule has 4 nitrogen and oxygen atoms in total. The Morgan fingerprint density at radius 1 is 1.00 bits per heavy atom. The van der Waals surface area contributed by atoms with Crippen LogP contribution in [-0.2, 0) is 17.9 Å². The molecule has 1 heterocycles. The van der Waals surface area contributed by atoms with E-state index < -0.39 is 0 Å². The van der Waals surface area contributed by atoms with Gasteiger partial charge in [0.2, 0.25) is 0 Å². The fourth-order valence-electron chi connectivity index (χ4n) is 3.43. The number of methoxy groups -OCH3 is 1. The minimum Gasteiger partial charge on any atom is -0.494 e. The van der Waals surface area contributed by atoms with E-state index in [0.29, 0.717) is 23.2 Å². The van der Waals surface area contributed by atoms with Gasteiger partial charge in [-0.15, -0.1) is 0 Å². The Balaban J connectivity index is 1.49. The fourth-order valence-corrected chi connectivity index (χ4v) is 3.96. The van der Waals surface area contributed by atoms with Crippen LogP contribution in [0.15, 0.2) is 79.4 Å². The average molecular weight is 471 g/mol. The smallest absolute Gasteiger partial charge is 0.165 e. The van der Waals surface area contributed by atoms with Crippen molar-refractivity contribution >= 4 is 23.2 Å². The van der Waals surface area contributed by atoms with Gasteiger partial charge in [-0.25, -0.2) is 9.37 Å². The van der Waals surface area contributed by atoms with Crippen molar-refractivity contribution in [3.8, 4) is 16.9 Å². The van der Waals surface area contributed by atoms with Crippen LogP contribution in [0.1, 0.15) is 17.2 Å². The molecule has 1 atom stereocenters. The molecule has 1 unspecified atom stereocenters. The van der Waals surface area contributed by atoms with E-state index in [1.165, 1.54) is 13.2 Å². The van der Waals surface area contributed by atoms with Crippen LogP contribution >= 0.6 is 23.2 Å². The molecule has 0 aliphatic carbocycles. The first kappa shape index (κ1) is 22.3. The Morgan fingerprint density at radius 2 is 1.78 bits per heavy atom. The summed E-state index contributed by atoms with van der Waals surface area (Å²) >= 11 is 12.5. The van der Waals surface area contributed by atoms with Crippen LogP contribution in [0.3, 0.4) is 0 Å². The predicted octanol–water partition coefficient (Wildman–Crippen LogP) is 6.96. The molecular weight excluding hydrogens is 450 g/mol. The SMILES string of the molecule is COc1ccc(-c2ccc(COC(Cn3ccnc3)c3ccc(Cl)cc3Cl)cc2)cc1F. The second kappa shape index (κ2) is 10.2. The van der Waals surface area contributed by atoms with Gasteiger partial charge in [-0.05, 0) is 41.0 Å². The van der Waals surface area contributed by atoms with Gasteiger partial charge in [-0.3, -0.25) is 0 Å². The largest absolute Gasteiger partial charge is 0.494 e. The van der Waals surface area contributed by atoms with Crippen molar-refractivity contribution in [1.82, 2.24) is 9.55 Å². The Hall–Kier alpha value is -2.86. The highest BCUT2D eigenvalue weighted by molar-refractivity contribution is 6.35. The van der Waals surface area contributed by atoms with Crippen LogP contribution in [0.4, 0.5) is 4.39 Å². The summed E-state index contributed by atoms with van der Waals surface area (Å²) < 4.78 is 27.2. The van der Waals surface area contributed by atoms with Crippen molar-refractivity contribution in [2.75, 3.05) is 7.11 Å². The normalized spacial score (nSPS) is 12.0. The first-order valence-corrected chi connectivity index (χ1v) is 10.7. The van der Waals surface area contributed by atoms with E-state index in [4.69, 9.17) is 32.7 Å². The second-order valence-corrected chi connectivity index (χ2v) is 8.11. The number of hydrogen-bond acceptors (Lipinski definition) is 3. The number of imidazole rings is 1. The van der Waals surface area contributed by atoms with E-state index in [2.05, 4.69) is 4.98 Å². The highest BCUT2D eigenvalue weighted by Crippen LogP contribution is 2.31. The summed E-state index contributed by atoms with van der Waals surface area (Å²) in [5, 5.41) is 1.13. The molecule has 4 rings (SSSR count). The standard InChI is InChI=1S/C25H21Cl2FN2O2/c1-31-24-9-6-19(12-23(24)28)18-4-2-17(3-5-18)15-32-25(14-30-11-10-29-16-30)21-8-7-20(26)13-22(21)27/h2-13,16,25H,14-15H2,1H3. The Morgan fingerprint density at radius 3 is 2.44 bits per heavy atom. The van der Waals surface area contributed by atoms with Gasteiger partial charge in [-0.1, -0.05) is 59.6 Å². The lowest BCUT2D eigenvalue weighted by Gasteiger charge is -2.20. The number of ether oxygens (including phenoxy) is 2. The van der Waals surface area contributed by atoms with Gasteiger partial charge in [0.1, 0.15) is 6.10 Å². The molecular formula is C25H21Cl2FN2O2.